The molecule has 3 rings (SSSR count). The van der Waals surface area contributed by atoms with Crippen LogP contribution in [0, 0.1) is 5.92 Å². The number of hydrogen-bond donors (Lipinski definition) is 2. The number of rotatable bonds is 3. The first-order chi connectivity index (χ1) is 8.78. The molecule has 0 atom stereocenters. The van der Waals surface area contributed by atoms with Crippen molar-refractivity contribution in [2.45, 2.75) is 44.1 Å². The fraction of sp³-hybridized carbons (Fsp3) is 0.533. The zero-order chi connectivity index (χ0) is 12.4. The second-order valence-corrected chi connectivity index (χ2v) is 5.99. The Bertz CT molecular complexity index is 419. The van der Waals surface area contributed by atoms with Crippen LogP contribution in [0.1, 0.15) is 38.5 Å². The fourth-order valence-corrected chi connectivity index (χ4v) is 3.51. The van der Waals surface area contributed by atoms with Crippen molar-refractivity contribution in [3.05, 3.63) is 30.3 Å². The summed E-state index contributed by atoms with van der Waals surface area (Å²) in [5, 5.41) is 7.71. The standard InChI is InChI=1S/C15H20N2S/c18-14(16-13-6-2-1-3-7-13)17-15(12-8-9-12)10-4-5-11-15/h1-3,6-7,12H,4-5,8-11H2,(H2,16,17,18). The topological polar surface area (TPSA) is 24.1 Å². The third kappa shape index (κ3) is 2.51. The van der Waals surface area contributed by atoms with Gasteiger partial charge >= 0.3 is 0 Å². The van der Waals surface area contributed by atoms with Gasteiger partial charge in [0, 0.05) is 11.2 Å². The van der Waals surface area contributed by atoms with E-state index in [-0.39, 0.29) is 0 Å². The van der Waals surface area contributed by atoms with Crippen LogP contribution in [-0.4, -0.2) is 10.7 Å². The average Bonchev–Trinajstić information content (AvgIpc) is 3.13. The van der Waals surface area contributed by atoms with Crippen molar-refractivity contribution in [3.8, 4) is 0 Å². The van der Waals surface area contributed by atoms with Crippen molar-refractivity contribution >= 4 is 23.0 Å². The molecule has 0 saturated heterocycles. The van der Waals surface area contributed by atoms with Gasteiger partial charge in [-0.2, -0.15) is 0 Å². The van der Waals surface area contributed by atoms with Crippen LogP contribution in [0.2, 0.25) is 0 Å². The van der Waals surface area contributed by atoms with Gasteiger partial charge in [-0.15, -0.1) is 0 Å². The summed E-state index contributed by atoms with van der Waals surface area (Å²) in [6, 6.07) is 10.2. The summed E-state index contributed by atoms with van der Waals surface area (Å²) >= 11 is 5.47. The summed E-state index contributed by atoms with van der Waals surface area (Å²) in [6.07, 6.45) is 8.01. The van der Waals surface area contributed by atoms with E-state index in [9.17, 15) is 0 Å². The molecule has 2 N–H and O–H groups in total. The van der Waals surface area contributed by atoms with Crippen molar-refractivity contribution in [2.24, 2.45) is 5.92 Å². The Kier molecular flexibility index (Phi) is 3.25. The number of para-hydroxylation sites is 1. The van der Waals surface area contributed by atoms with Gasteiger partial charge in [-0.05, 0) is 56.0 Å². The zero-order valence-corrected chi connectivity index (χ0v) is 11.4. The SMILES string of the molecule is S=C(Nc1ccccc1)NC1(C2CC2)CCCC1. The monoisotopic (exact) mass is 260 g/mol. The minimum absolute atomic E-state index is 0.304. The Hall–Kier alpha value is -1.09. The lowest BCUT2D eigenvalue weighted by Gasteiger charge is -2.32. The number of thiocarbonyl (C=S) groups is 1. The van der Waals surface area contributed by atoms with Crippen molar-refractivity contribution in [1.82, 2.24) is 5.32 Å². The van der Waals surface area contributed by atoms with Crippen LogP contribution in [-0.2, 0) is 0 Å². The molecule has 1 aromatic carbocycles. The highest BCUT2D eigenvalue weighted by atomic mass is 32.1. The Balaban J connectivity index is 1.63. The van der Waals surface area contributed by atoms with E-state index in [1.807, 2.05) is 30.3 Å². The van der Waals surface area contributed by atoms with Crippen molar-refractivity contribution in [1.29, 1.82) is 0 Å². The molecule has 0 heterocycles. The molecule has 1 aromatic rings. The average molecular weight is 260 g/mol. The highest BCUT2D eigenvalue weighted by Crippen LogP contribution is 2.48. The first kappa shape index (κ1) is 12.0. The lowest BCUT2D eigenvalue weighted by atomic mass is 9.91. The molecule has 2 aliphatic rings. The summed E-state index contributed by atoms with van der Waals surface area (Å²) < 4.78 is 0. The summed E-state index contributed by atoms with van der Waals surface area (Å²) in [6.45, 7) is 0. The second-order valence-electron chi connectivity index (χ2n) is 5.58. The summed E-state index contributed by atoms with van der Waals surface area (Å²) in [4.78, 5) is 0. The minimum atomic E-state index is 0.304. The maximum atomic E-state index is 5.47. The largest absolute Gasteiger partial charge is 0.357 e. The van der Waals surface area contributed by atoms with Gasteiger partial charge in [0.25, 0.3) is 0 Å². The Morgan fingerprint density at radius 3 is 2.39 bits per heavy atom. The van der Waals surface area contributed by atoms with Gasteiger partial charge in [0.05, 0.1) is 0 Å². The Morgan fingerprint density at radius 2 is 1.78 bits per heavy atom. The van der Waals surface area contributed by atoms with Gasteiger partial charge in [-0.3, -0.25) is 0 Å². The van der Waals surface area contributed by atoms with Crippen LogP contribution in [0.15, 0.2) is 30.3 Å². The Labute approximate surface area is 114 Å². The van der Waals surface area contributed by atoms with Crippen LogP contribution in [0.3, 0.4) is 0 Å². The second kappa shape index (κ2) is 4.88. The molecule has 18 heavy (non-hydrogen) atoms. The maximum absolute atomic E-state index is 5.47. The number of nitrogens with one attached hydrogen (secondary N) is 2. The van der Waals surface area contributed by atoms with Crippen LogP contribution >= 0.6 is 12.2 Å². The van der Waals surface area contributed by atoms with Gasteiger partial charge in [0.15, 0.2) is 5.11 Å². The van der Waals surface area contributed by atoms with E-state index < -0.39 is 0 Å². The van der Waals surface area contributed by atoms with Crippen LogP contribution in [0.5, 0.6) is 0 Å². The molecule has 0 amide bonds. The predicted octanol–water partition coefficient (Wildman–Crippen LogP) is 3.70. The quantitative estimate of drug-likeness (QED) is 0.810. The molecular formula is C15H20N2S. The molecule has 0 aliphatic heterocycles. The van der Waals surface area contributed by atoms with Crippen molar-refractivity contribution in [3.63, 3.8) is 0 Å². The van der Waals surface area contributed by atoms with Crippen LogP contribution < -0.4 is 10.6 Å². The van der Waals surface area contributed by atoms with E-state index >= 15 is 0 Å². The molecule has 0 spiro atoms. The van der Waals surface area contributed by atoms with Gasteiger partial charge in [0.1, 0.15) is 0 Å². The molecular weight excluding hydrogens is 240 g/mol. The van der Waals surface area contributed by atoms with E-state index in [4.69, 9.17) is 12.2 Å². The molecule has 0 aromatic heterocycles. The van der Waals surface area contributed by atoms with Gasteiger partial charge in [-0.1, -0.05) is 31.0 Å². The first-order valence-corrected chi connectivity index (χ1v) is 7.34. The molecule has 96 valence electrons. The van der Waals surface area contributed by atoms with Gasteiger partial charge in [-0.25, -0.2) is 0 Å². The zero-order valence-electron chi connectivity index (χ0n) is 10.6. The normalized spacial score (nSPS) is 21.6. The smallest absolute Gasteiger partial charge is 0.171 e. The summed E-state index contributed by atoms with van der Waals surface area (Å²) in [7, 11) is 0. The van der Waals surface area contributed by atoms with E-state index in [0.717, 1.165) is 16.7 Å². The summed E-state index contributed by atoms with van der Waals surface area (Å²) in [5.74, 6) is 0.857. The molecule has 0 radical (unpaired) electrons. The molecule has 2 aliphatic carbocycles. The number of benzene rings is 1. The van der Waals surface area contributed by atoms with Gasteiger partial charge < -0.3 is 10.6 Å². The fourth-order valence-electron chi connectivity index (χ4n) is 3.19. The lowest BCUT2D eigenvalue weighted by molar-refractivity contribution is 0.340. The third-order valence-electron chi connectivity index (χ3n) is 4.25. The van der Waals surface area contributed by atoms with Crippen molar-refractivity contribution in [2.75, 3.05) is 5.32 Å². The first-order valence-electron chi connectivity index (χ1n) is 6.93. The van der Waals surface area contributed by atoms with E-state index in [2.05, 4.69) is 10.6 Å². The van der Waals surface area contributed by atoms with Crippen molar-refractivity contribution < 1.29 is 0 Å². The maximum Gasteiger partial charge on any atom is 0.171 e. The number of anilines is 1. The third-order valence-corrected chi connectivity index (χ3v) is 4.45. The highest BCUT2D eigenvalue weighted by Gasteiger charge is 2.47. The van der Waals surface area contributed by atoms with Gasteiger partial charge in [0.2, 0.25) is 0 Å². The minimum Gasteiger partial charge on any atom is -0.357 e. The Morgan fingerprint density at radius 1 is 1.11 bits per heavy atom. The highest BCUT2D eigenvalue weighted by molar-refractivity contribution is 7.80. The molecule has 2 fully saturated rings. The lowest BCUT2D eigenvalue weighted by Crippen LogP contribution is -2.49. The molecule has 2 nitrogen and oxygen atoms in total. The van der Waals surface area contributed by atoms with E-state index in [1.54, 1.807) is 0 Å². The van der Waals surface area contributed by atoms with Crippen LogP contribution in [0.25, 0.3) is 0 Å². The van der Waals surface area contributed by atoms with Crippen LogP contribution in [0.4, 0.5) is 5.69 Å². The molecule has 0 bridgehead atoms. The number of hydrogen-bond acceptors (Lipinski definition) is 1. The molecule has 3 heteroatoms. The predicted molar refractivity (Wildman–Crippen MR) is 79.7 cm³/mol. The molecule has 0 unspecified atom stereocenters. The van der Waals surface area contributed by atoms with E-state index in [0.29, 0.717) is 5.54 Å². The van der Waals surface area contributed by atoms with E-state index in [1.165, 1.54) is 38.5 Å². The summed E-state index contributed by atoms with van der Waals surface area (Å²) in [5.41, 5.74) is 1.37. The molecule has 2 saturated carbocycles.